The Labute approximate surface area is 88.2 Å². The SMILES string of the molecule is COC(=O)NC(C=O)C1CCC(=O)CC1. The molecule has 1 aliphatic rings. The van der Waals surface area contributed by atoms with E-state index in [1.54, 1.807) is 0 Å². The van der Waals surface area contributed by atoms with Crippen molar-refractivity contribution in [3.63, 3.8) is 0 Å². The fourth-order valence-electron chi connectivity index (χ4n) is 1.78. The van der Waals surface area contributed by atoms with E-state index in [1.807, 2.05) is 0 Å². The van der Waals surface area contributed by atoms with Crippen molar-refractivity contribution in [2.75, 3.05) is 7.11 Å². The van der Waals surface area contributed by atoms with Crippen molar-refractivity contribution < 1.29 is 19.1 Å². The Hall–Kier alpha value is -1.39. The summed E-state index contributed by atoms with van der Waals surface area (Å²) in [5.74, 6) is 0.285. The number of hydrogen-bond acceptors (Lipinski definition) is 4. The van der Waals surface area contributed by atoms with Gasteiger partial charge in [0.05, 0.1) is 13.2 Å². The van der Waals surface area contributed by atoms with Crippen LogP contribution >= 0.6 is 0 Å². The molecule has 0 aromatic rings. The summed E-state index contributed by atoms with van der Waals surface area (Å²) in [7, 11) is 1.25. The number of carbonyl (C=O) groups excluding carboxylic acids is 3. The first kappa shape index (κ1) is 11.7. The minimum absolute atomic E-state index is 0.0549. The van der Waals surface area contributed by atoms with Crippen molar-refractivity contribution in [2.45, 2.75) is 31.7 Å². The Morgan fingerprint density at radius 2 is 2.13 bits per heavy atom. The Morgan fingerprint density at radius 3 is 2.60 bits per heavy atom. The molecule has 0 aromatic carbocycles. The van der Waals surface area contributed by atoms with Crippen LogP contribution in [0.5, 0.6) is 0 Å². The maximum Gasteiger partial charge on any atom is 0.407 e. The highest BCUT2D eigenvalue weighted by atomic mass is 16.5. The van der Waals surface area contributed by atoms with E-state index in [0.717, 1.165) is 0 Å². The fraction of sp³-hybridized carbons (Fsp3) is 0.700. The van der Waals surface area contributed by atoms with Crippen LogP contribution in [0.4, 0.5) is 4.79 Å². The Kier molecular flexibility index (Phi) is 4.27. The molecule has 15 heavy (non-hydrogen) atoms. The lowest BCUT2D eigenvalue weighted by Crippen LogP contribution is -2.42. The number of rotatable bonds is 3. The molecule has 1 fully saturated rings. The van der Waals surface area contributed by atoms with Crippen LogP contribution in [0.15, 0.2) is 0 Å². The van der Waals surface area contributed by atoms with E-state index in [9.17, 15) is 14.4 Å². The van der Waals surface area contributed by atoms with Gasteiger partial charge >= 0.3 is 6.09 Å². The van der Waals surface area contributed by atoms with Gasteiger partial charge in [0.1, 0.15) is 12.1 Å². The van der Waals surface area contributed by atoms with E-state index in [1.165, 1.54) is 7.11 Å². The van der Waals surface area contributed by atoms with Crippen molar-refractivity contribution in [3.8, 4) is 0 Å². The molecule has 5 heteroatoms. The highest BCUT2D eigenvalue weighted by Crippen LogP contribution is 2.23. The normalized spacial score (nSPS) is 19.4. The van der Waals surface area contributed by atoms with Gasteiger partial charge in [-0.15, -0.1) is 0 Å². The van der Waals surface area contributed by atoms with E-state index in [2.05, 4.69) is 10.1 Å². The zero-order valence-corrected chi connectivity index (χ0v) is 8.69. The van der Waals surface area contributed by atoms with Crippen LogP contribution in [0.25, 0.3) is 0 Å². The van der Waals surface area contributed by atoms with Crippen molar-refractivity contribution in [1.82, 2.24) is 5.32 Å². The number of carbonyl (C=O) groups is 3. The van der Waals surface area contributed by atoms with Crippen LogP contribution in [-0.4, -0.2) is 31.3 Å². The van der Waals surface area contributed by atoms with E-state index < -0.39 is 12.1 Å². The van der Waals surface area contributed by atoms with Crippen LogP contribution in [0.2, 0.25) is 0 Å². The van der Waals surface area contributed by atoms with Gasteiger partial charge in [0, 0.05) is 12.8 Å². The molecule has 1 aliphatic carbocycles. The average Bonchev–Trinajstić information content (AvgIpc) is 2.27. The zero-order chi connectivity index (χ0) is 11.3. The summed E-state index contributed by atoms with van der Waals surface area (Å²) >= 11 is 0. The van der Waals surface area contributed by atoms with Gasteiger partial charge in [0.15, 0.2) is 0 Å². The molecule has 0 aromatic heterocycles. The molecule has 1 N–H and O–H groups in total. The molecule has 0 bridgehead atoms. The minimum Gasteiger partial charge on any atom is -0.453 e. The molecule has 5 nitrogen and oxygen atoms in total. The van der Waals surface area contributed by atoms with Crippen LogP contribution in [0.3, 0.4) is 0 Å². The predicted molar refractivity (Wildman–Crippen MR) is 52.4 cm³/mol. The molecule has 84 valence electrons. The summed E-state index contributed by atoms with van der Waals surface area (Å²) in [6.07, 6.45) is 2.41. The van der Waals surface area contributed by atoms with Crippen molar-refractivity contribution in [3.05, 3.63) is 0 Å². The molecular formula is C10H15NO4. The maximum absolute atomic E-state index is 11.0. The van der Waals surface area contributed by atoms with Gasteiger partial charge in [-0.2, -0.15) is 0 Å². The standard InChI is InChI=1S/C10H15NO4/c1-15-10(14)11-9(6-12)7-2-4-8(13)5-3-7/h6-7,9H,2-5H2,1H3,(H,11,14). The first-order valence-electron chi connectivity index (χ1n) is 4.99. The van der Waals surface area contributed by atoms with Crippen molar-refractivity contribution in [2.24, 2.45) is 5.92 Å². The van der Waals surface area contributed by atoms with E-state index in [0.29, 0.717) is 32.0 Å². The lowest BCUT2D eigenvalue weighted by molar-refractivity contribution is -0.122. The predicted octanol–water partition coefficient (Wildman–Crippen LogP) is 0.669. The number of amides is 1. The number of ether oxygens (including phenoxy) is 1. The number of alkyl carbamates (subject to hydrolysis) is 1. The second-order valence-electron chi connectivity index (χ2n) is 3.67. The molecule has 1 amide bonds. The molecule has 0 saturated heterocycles. The summed E-state index contributed by atoms with van der Waals surface area (Å²) in [6.45, 7) is 0. The molecule has 0 radical (unpaired) electrons. The van der Waals surface area contributed by atoms with Gasteiger partial charge in [-0.05, 0) is 18.8 Å². The molecule has 0 heterocycles. The smallest absolute Gasteiger partial charge is 0.407 e. The second kappa shape index (κ2) is 5.48. The molecular weight excluding hydrogens is 198 g/mol. The topological polar surface area (TPSA) is 72.5 Å². The largest absolute Gasteiger partial charge is 0.453 e. The molecule has 1 saturated carbocycles. The highest BCUT2D eigenvalue weighted by Gasteiger charge is 2.27. The number of Topliss-reactive ketones (excluding diaryl/α,β-unsaturated/α-hetero) is 1. The Morgan fingerprint density at radius 1 is 1.53 bits per heavy atom. The third-order valence-electron chi connectivity index (χ3n) is 2.71. The number of nitrogens with one attached hydrogen (secondary N) is 1. The summed E-state index contributed by atoms with van der Waals surface area (Å²) in [5.41, 5.74) is 0. The number of methoxy groups -OCH3 is 1. The van der Waals surface area contributed by atoms with Gasteiger partial charge in [-0.1, -0.05) is 0 Å². The van der Waals surface area contributed by atoms with E-state index >= 15 is 0 Å². The lowest BCUT2D eigenvalue weighted by Gasteiger charge is -2.26. The summed E-state index contributed by atoms with van der Waals surface area (Å²) in [4.78, 5) is 32.7. The second-order valence-corrected chi connectivity index (χ2v) is 3.67. The molecule has 1 atom stereocenters. The monoisotopic (exact) mass is 213 g/mol. The highest BCUT2D eigenvalue weighted by molar-refractivity contribution is 5.79. The van der Waals surface area contributed by atoms with Gasteiger partial charge in [-0.3, -0.25) is 4.79 Å². The molecule has 0 aliphatic heterocycles. The maximum atomic E-state index is 11.0. The van der Waals surface area contributed by atoms with Crippen LogP contribution in [-0.2, 0) is 14.3 Å². The third kappa shape index (κ3) is 3.34. The third-order valence-corrected chi connectivity index (χ3v) is 2.71. The minimum atomic E-state index is -0.607. The average molecular weight is 213 g/mol. The van der Waals surface area contributed by atoms with Gasteiger partial charge in [0.2, 0.25) is 0 Å². The Bertz CT molecular complexity index is 254. The number of ketones is 1. The van der Waals surface area contributed by atoms with Crippen molar-refractivity contribution >= 4 is 18.2 Å². The summed E-state index contributed by atoms with van der Waals surface area (Å²) in [6, 6.07) is -0.537. The van der Waals surface area contributed by atoms with Gasteiger partial charge in [0.25, 0.3) is 0 Å². The van der Waals surface area contributed by atoms with Gasteiger partial charge in [-0.25, -0.2) is 4.79 Å². The van der Waals surface area contributed by atoms with Crippen LogP contribution in [0.1, 0.15) is 25.7 Å². The fourth-order valence-corrected chi connectivity index (χ4v) is 1.78. The first-order chi connectivity index (χ1) is 7.17. The van der Waals surface area contributed by atoms with E-state index in [-0.39, 0.29) is 11.7 Å². The number of hydrogen-bond donors (Lipinski definition) is 1. The Balaban J connectivity index is 2.47. The summed E-state index contributed by atoms with van der Waals surface area (Å²) in [5, 5.41) is 2.46. The zero-order valence-electron chi connectivity index (χ0n) is 8.69. The van der Waals surface area contributed by atoms with E-state index in [4.69, 9.17) is 0 Å². The van der Waals surface area contributed by atoms with Crippen LogP contribution in [0, 0.1) is 5.92 Å². The summed E-state index contributed by atoms with van der Waals surface area (Å²) < 4.78 is 4.42. The first-order valence-corrected chi connectivity index (χ1v) is 4.99. The molecule has 0 spiro atoms. The molecule has 1 unspecified atom stereocenters. The lowest BCUT2D eigenvalue weighted by atomic mass is 9.84. The van der Waals surface area contributed by atoms with Crippen molar-refractivity contribution in [1.29, 1.82) is 0 Å². The quantitative estimate of drug-likeness (QED) is 0.699. The molecule has 1 rings (SSSR count). The van der Waals surface area contributed by atoms with Gasteiger partial charge < -0.3 is 14.8 Å². The number of aldehydes is 1. The van der Waals surface area contributed by atoms with Crippen LogP contribution < -0.4 is 5.32 Å².